The Labute approximate surface area is 192 Å². The van der Waals surface area contributed by atoms with Crippen LogP contribution in [0.4, 0.5) is 20.4 Å². The van der Waals surface area contributed by atoms with Crippen molar-refractivity contribution in [3.8, 4) is 17.0 Å². The molecule has 3 aromatic heterocycles. The van der Waals surface area contributed by atoms with Crippen molar-refractivity contribution in [1.29, 1.82) is 0 Å². The lowest BCUT2D eigenvalue weighted by Crippen LogP contribution is -2.17. The van der Waals surface area contributed by atoms with Crippen molar-refractivity contribution >= 4 is 44.0 Å². The Kier molecular flexibility index (Phi) is 6.00. The molecule has 0 bridgehead atoms. The van der Waals surface area contributed by atoms with E-state index >= 15 is 4.39 Å². The first kappa shape index (κ1) is 22.6. The van der Waals surface area contributed by atoms with E-state index in [0.717, 1.165) is 17.6 Å². The molecule has 3 heterocycles. The minimum Gasteiger partial charge on any atom is -0.480 e. The zero-order valence-corrected chi connectivity index (χ0v) is 18.8. The second-order valence-corrected chi connectivity index (χ2v) is 8.88. The number of nitrogens with zero attached hydrogens (tertiary/aromatic N) is 3. The highest BCUT2D eigenvalue weighted by Crippen LogP contribution is 2.33. The van der Waals surface area contributed by atoms with E-state index in [1.807, 2.05) is 4.72 Å². The van der Waals surface area contributed by atoms with Crippen LogP contribution >= 0.6 is 11.6 Å². The van der Waals surface area contributed by atoms with Crippen LogP contribution in [0.15, 0.2) is 53.8 Å². The smallest absolute Gasteiger partial charge is 0.268 e. The second-order valence-electron chi connectivity index (χ2n) is 6.79. The molecule has 0 aliphatic heterocycles. The zero-order chi connectivity index (χ0) is 23.8. The standard InChI is InChI=1S/C21H16ClF2N5O3S/c1-25-17-6-11-3-4-12(5-13(11)8-26-17)18-15(23)10-27-20(19(18)24)29-33(30,31)16-7-14(22)9-28-21(16)32-2/h3-10H,1-2H3,(H,25,26)(H,27,29). The Morgan fingerprint density at radius 1 is 1.00 bits per heavy atom. The lowest BCUT2D eigenvalue weighted by atomic mass is 10.0. The number of pyridine rings is 3. The summed E-state index contributed by atoms with van der Waals surface area (Å²) in [5, 5.41) is 4.37. The van der Waals surface area contributed by atoms with Crippen molar-refractivity contribution in [2.45, 2.75) is 4.90 Å². The summed E-state index contributed by atoms with van der Waals surface area (Å²) in [7, 11) is -1.47. The molecule has 1 aromatic carbocycles. The highest BCUT2D eigenvalue weighted by atomic mass is 35.5. The zero-order valence-electron chi connectivity index (χ0n) is 17.2. The molecular weight excluding hydrogens is 476 g/mol. The van der Waals surface area contributed by atoms with Crippen LogP contribution < -0.4 is 14.8 Å². The first-order valence-corrected chi connectivity index (χ1v) is 11.2. The average molecular weight is 492 g/mol. The second kappa shape index (κ2) is 8.75. The molecule has 33 heavy (non-hydrogen) atoms. The van der Waals surface area contributed by atoms with Crippen molar-refractivity contribution in [1.82, 2.24) is 15.0 Å². The van der Waals surface area contributed by atoms with Crippen LogP contribution in [0.2, 0.25) is 5.02 Å². The van der Waals surface area contributed by atoms with E-state index in [1.165, 1.54) is 19.4 Å². The largest absolute Gasteiger partial charge is 0.480 e. The fourth-order valence-electron chi connectivity index (χ4n) is 3.17. The van der Waals surface area contributed by atoms with Gasteiger partial charge in [0, 0.05) is 24.8 Å². The molecule has 0 atom stereocenters. The number of methoxy groups -OCH3 is 1. The summed E-state index contributed by atoms with van der Waals surface area (Å²) >= 11 is 5.85. The van der Waals surface area contributed by atoms with E-state index in [9.17, 15) is 12.8 Å². The van der Waals surface area contributed by atoms with Crippen LogP contribution in [0, 0.1) is 11.6 Å². The summed E-state index contributed by atoms with van der Waals surface area (Å²) in [5.74, 6) is -2.46. The number of hydrogen-bond acceptors (Lipinski definition) is 7. The predicted octanol–water partition coefficient (Wildman–Crippen LogP) is 4.47. The Hall–Kier alpha value is -3.57. The molecule has 0 amide bonds. The third kappa shape index (κ3) is 4.37. The molecule has 0 spiro atoms. The topological polar surface area (TPSA) is 106 Å². The van der Waals surface area contributed by atoms with Crippen LogP contribution in [0.25, 0.3) is 21.9 Å². The van der Waals surface area contributed by atoms with E-state index in [4.69, 9.17) is 16.3 Å². The van der Waals surface area contributed by atoms with Gasteiger partial charge < -0.3 is 10.1 Å². The molecule has 0 aliphatic rings. The molecule has 0 radical (unpaired) electrons. The van der Waals surface area contributed by atoms with Gasteiger partial charge in [-0.25, -0.2) is 32.2 Å². The van der Waals surface area contributed by atoms with Crippen LogP contribution in [0.3, 0.4) is 0 Å². The number of halogens is 3. The van der Waals surface area contributed by atoms with E-state index in [-0.39, 0.29) is 16.5 Å². The normalized spacial score (nSPS) is 11.4. The minimum atomic E-state index is -4.42. The maximum Gasteiger partial charge on any atom is 0.268 e. The van der Waals surface area contributed by atoms with Crippen LogP contribution in [-0.4, -0.2) is 37.5 Å². The third-order valence-electron chi connectivity index (χ3n) is 4.74. The van der Waals surface area contributed by atoms with Gasteiger partial charge in [-0.15, -0.1) is 0 Å². The number of hydrogen-bond donors (Lipinski definition) is 2. The lowest BCUT2D eigenvalue weighted by molar-refractivity contribution is 0.385. The average Bonchev–Trinajstić information content (AvgIpc) is 2.80. The van der Waals surface area contributed by atoms with Crippen LogP contribution in [0.1, 0.15) is 0 Å². The summed E-state index contributed by atoms with van der Waals surface area (Å²) in [5.41, 5.74) is -0.264. The van der Waals surface area contributed by atoms with Gasteiger partial charge in [0.2, 0.25) is 5.88 Å². The van der Waals surface area contributed by atoms with Crippen molar-refractivity contribution < 1.29 is 21.9 Å². The highest BCUT2D eigenvalue weighted by molar-refractivity contribution is 7.92. The molecule has 0 fully saturated rings. The van der Waals surface area contributed by atoms with Gasteiger partial charge in [-0.05, 0) is 29.1 Å². The first-order chi connectivity index (χ1) is 15.7. The lowest BCUT2D eigenvalue weighted by Gasteiger charge is -2.13. The summed E-state index contributed by atoms with van der Waals surface area (Å²) in [6.07, 6.45) is 3.49. The van der Waals surface area contributed by atoms with Crippen LogP contribution in [0.5, 0.6) is 5.88 Å². The van der Waals surface area contributed by atoms with Crippen molar-refractivity contribution in [2.24, 2.45) is 0 Å². The molecule has 4 aromatic rings. The van der Waals surface area contributed by atoms with Crippen molar-refractivity contribution in [3.05, 3.63) is 65.6 Å². The van der Waals surface area contributed by atoms with Gasteiger partial charge in [-0.1, -0.05) is 23.7 Å². The number of fused-ring (bicyclic) bond motifs is 1. The minimum absolute atomic E-state index is 0.0237. The number of rotatable bonds is 6. The van der Waals surface area contributed by atoms with Gasteiger partial charge in [0.05, 0.1) is 23.9 Å². The molecule has 0 unspecified atom stereocenters. The Morgan fingerprint density at radius 2 is 1.79 bits per heavy atom. The number of ether oxygens (including phenoxy) is 1. The molecule has 12 heteroatoms. The van der Waals surface area contributed by atoms with Gasteiger partial charge in [-0.2, -0.15) is 0 Å². The molecule has 0 saturated heterocycles. The molecule has 0 saturated carbocycles. The van der Waals surface area contributed by atoms with Gasteiger partial charge >= 0.3 is 0 Å². The fourth-order valence-corrected chi connectivity index (χ4v) is 4.55. The highest BCUT2D eigenvalue weighted by Gasteiger charge is 2.26. The number of anilines is 2. The molecule has 4 rings (SSSR count). The van der Waals surface area contributed by atoms with E-state index < -0.39 is 37.9 Å². The number of aromatic nitrogens is 3. The SMILES string of the molecule is CNc1cc2ccc(-c3c(F)cnc(NS(=O)(=O)c4cc(Cl)cnc4OC)c3F)cc2cn1. The van der Waals surface area contributed by atoms with Crippen molar-refractivity contribution in [2.75, 3.05) is 24.2 Å². The first-order valence-electron chi connectivity index (χ1n) is 9.38. The van der Waals surface area contributed by atoms with Gasteiger partial charge in [-0.3, -0.25) is 4.72 Å². The quantitative estimate of drug-likeness (QED) is 0.409. The predicted molar refractivity (Wildman–Crippen MR) is 121 cm³/mol. The molecule has 2 N–H and O–H groups in total. The Morgan fingerprint density at radius 3 is 2.52 bits per heavy atom. The summed E-state index contributed by atoms with van der Waals surface area (Å²) < 4.78 is 62.6. The summed E-state index contributed by atoms with van der Waals surface area (Å²) in [6.45, 7) is 0. The van der Waals surface area contributed by atoms with Crippen LogP contribution in [-0.2, 0) is 10.0 Å². The number of benzene rings is 1. The Balaban J connectivity index is 1.78. The third-order valence-corrected chi connectivity index (χ3v) is 6.28. The molecule has 170 valence electrons. The number of nitrogens with one attached hydrogen (secondary N) is 2. The summed E-state index contributed by atoms with van der Waals surface area (Å²) in [6, 6.07) is 7.62. The maximum atomic E-state index is 15.3. The van der Waals surface area contributed by atoms with Crippen molar-refractivity contribution in [3.63, 3.8) is 0 Å². The van der Waals surface area contributed by atoms with E-state index in [0.29, 0.717) is 11.2 Å². The monoisotopic (exact) mass is 491 g/mol. The van der Waals surface area contributed by atoms with Gasteiger partial charge in [0.15, 0.2) is 22.3 Å². The van der Waals surface area contributed by atoms with Gasteiger partial charge in [0.25, 0.3) is 10.0 Å². The number of sulfonamides is 1. The fraction of sp³-hybridized carbons (Fsp3) is 0.0952. The molecular formula is C21H16ClF2N5O3S. The Bertz CT molecular complexity index is 1480. The molecule has 0 aliphatic carbocycles. The summed E-state index contributed by atoms with van der Waals surface area (Å²) in [4.78, 5) is 11.1. The molecule has 8 nitrogen and oxygen atoms in total. The van der Waals surface area contributed by atoms with E-state index in [2.05, 4.69) is 20.3 Å². The van der Waals surface area contributed by atoms with E-state index in [1.54, 1.807) is 31.4 Å². The van der Waals surface area contributed by atoms with Gasteiger partial charge in [0.1, 0.15) is 5.82 Å². The maximum absolute atomic E-state index is 15.3.